The Morgan fingerprint density at radius 1 is 1.17 bits per heavy atom. The van der Waals surface area contributed by atoms with Crippen molar-refractivity contribution in [3.63, 3.8) is 0 Å². The number of alkyl halides is 3. The van der Waals surface area contributed by atoms with Crippen LogP contribution in [0.15, 0.2) is 52.4 Å². The lowest BCUT2D eigenvalue weighted by molar-refractivity contribution is -0.192. The molecule has 2 N–H and O–H groups in total. The Bertz CT molecular complexity index is 1440. The number of nitrogens with one attached hydrogen (secondary N) is 1. The van der Waals surface area contributed by atoms with Gasteiger partial charge in [-0.05, 0) is 37.2 Å². The second-order valence-electron chi connectivity index (χ2n) is 10.0. The van der Waals surface area contributed by atoms with E-state index in [-0.39, 0.29) is 11.9 Å². The number of piperidine rings is 1. The van der Waals surface area contributed by atoms with Gasteiger partial charge in [0.05, 0.1) is 17.4 Å². The third kappa shape index (κ3) is 7.13. The van der Waals surface area contributed by atoms with Crippen molar-refractivity contribution in [2.45, 2.75) is 43.6 Å². The molecule has 1 aliphatic carbocycles. The zero-order valence-corrected chi connectivity index (χ0v) is 23.8. The number of carboxylic acids is 1. The summed E-state index contributed by atoms with van der Waals surface area (Å²) < 4.78 is 74.7. The molecule has 3 heterocycles. The number of benzene rings is 1. The summed E-state index contributed by atoms with van der Waals surface area (Å²) in [6, 6.07) is 10.8. The van der Waals surface area contributed by atoms with E-state index in [2.05, 4.69) is 48.8 Å². The zero-order valence-electron chi connectivity index (χ0n) is 22.2. The van der Waals surface area contributed by atoms with Crippen LogP contribution in [0.2, 0.25) is 0 Å². The highest BCUT2D eigenvalue weighted by Gasteiger charge is 2.44. The quantitative estimate of drug-likeness (QED) is 0.366. The summed E-state index contributed by atoms with van der Waals surface area (Å²) in [5.74, 6) is -2.47. The first-order valence-corrected chi connectivity index (χ1v) is 15.1. The van der Waals surface area contributed by atoms with Gasteiger partial charge in [0.1, 0.15) is 0 Å². The molecule has 0 spiro atoms. The molecule has 2 aliphatic rings. The van der Waals surface area contributed by atoms with E-state index < -0.39 is 33.0 Å². The summed E-state index contributed by atoms with van der Waals surface area (Å²) in [7, 11) is -2.19. The van der Waals surface area contributed by atoms with Gasteiger partial charge in [0.25, 0.3) is 10.0 Å². The fourth-order valence-electron chi connectivity index (χ4n) is 5.59. The Morgan fingerprint density at radius 2 is 1.78 bits per heavy atom. The molecule has 1 saturated carbocycles. The molecule has 5 rings (SSSR count). The first kappa shape index (κ1) is 30.7. The highest BCUT2D eigenvalue weighted by molar-refractivity contribution is 7.92. The number of hydrogen-bond donors (Lipinski definition) is 2. The first-order valence-electron chi connectivity index (χ1n) is 12.6. The number of anilines is 2. The van der Waals surface area contributed by atoms with Crippen LogP contribution in [0.1, 0.15) is 24.0 Å². The smallest absolute Gasteiger partial charge is 0.475 e. The average molecular weight is 616 g/mol. The van der Waals surface area contributed by atoms with Crippen LogP contribution in [0, 0.1) is 24.6 Å². The van der Waals surface area contributed by atoms with E-state index in [4.69, 9.17) is 9.90 Å². The molecule has 0 radical (unpaired) electrons. The molecule has 9 nitrogen and oxygen atoms in total. The van der Waals surface area contributed by atoms with Crippen LogP contribution in [0.3, 0.4) is 0 Å². The molecule has 2 aromatic heterocycles. The van der Waals surface area contributed by atoms with Gasteiger partial charge < -0.3 is 10.0 Å². The fraction of sp³-hybridized carbons (Fsp3) is 0.423. The second-order valence-corrected chi connectivity index (χ2v) is 12.4. The fourth-order valence-corrected chi connectivity index (χ4v) is 7.22. The number of pyridine rings is 1. The molecule has 1 unspecified atom stereocenters. The number of likely N-dealkylation sites (tertiary alicyclic amines) is 1. The maximum atomic E-state index is 15.3. The minimum Gasteiger partial charge on any atom is -0.475 e. The number of aromatic nitrogens is 2. The van der Waals surface area contributed by atoms with E-state index in [9.17, 15) is 21.6 Å². The van der Waals surface area contributed by atoms with E-state index >= 15 is 4.39 Å². The third-order valence-electron chi connectivity index (χ3n) is 7.31. The maximum Gasteiger partial charge on any atom is 0.490 e. The van der Waals surface area contributed by atoms with Crippen LogP contribution < -0.4 is 9.62 Å². The predicted molar refractivity (Wildman–Crippen MR) is 146 cm³/mol. The van der Waals surface area contributed by atoms with Gasteiger partial charge in [-0.15, -0.1) is 11.3 Å². The standard InChI is InChI=1S/C24H28FN5O2S2.C2HF3O2/c1-16-20(10-26-24(22(16)25)34(31,32)28-21-14-33-15-27-21)29(2)23-18-8-9-19(23)13-30(12-18)11-17-6-4-3-5-7-17;3-2(4,5)1(6)7/h3-7,10,14-15,18-19,23,28H,8-9,11-13H2,1-2H3;(H,6,7)/t18-,19+,23?;. The first-order chi connectivity index (χ1) is 19.3. The molecule has 1 saturated heterocycles. The Labute approximate surface area is 238 Å². The van der Waals surface area contributed by atoms with Crippen molar-refractivity contribution in [3.05, 3.63) is 64.4 Å². The SMILES string of the molecule is Cc1c(N(C)C2[C@@H]3CC[C@H]2CN(Cc2ccccc2)C3)cnc(S(=O)(=O)Nc2cscn2)c1F.O=C(O)C(F)(F)F. The van der Waals surface area contributed by atoms with Gasteiger partial charge in [-0.1, -0.05) is 30.3 Å². The summed E-state index contributed by atoms with van der Waals surface area (Å²) in [4.78, 5) is 21.5. The van der Waals surface area contributed by atoms with Gasteiger partial charge in [0.15, 0.2) is 11.6 Å². The summed E-state index contributed by atoms with van der Waals surface area (Å²) in [5.41, 5.74) is 3.76. The number of carboxylic acid groups (broad SMARTS) is 1. The zero-order chi connectivity index (χ0) is 29.9. The molecule has 15 heteroatoms. The minimum atomic E-state index is -5.08. The summed E-state index contributed by atoms with van der Waals surface area (Å²) in [5, 5.41) is 8.07. The topological polar surface area (TPSA) is 116 Å². The van der Waals surface area contributed by atoms with E-state index in [1.54, 1.807) is 12.3 Å². The van der Waals surface area contributed by atoms with Crippen molar-refractivity contribution < 1.29 is 35.9 Å². The van der Waals surface area contributed by atoms with Crippen LogP contribution >= 0.6 is 11.3 Å². The molecule has 0 amide bonds. The van der Waals surface area contributed by atoms with Crippen molar-refractivity contribution in [1.82, 2.24) is 14.9 Å². The van der Waals surface area contributed by atoms with Gasteiger partial charge in [-0.2, -0.15) is 21.6 Å². The highest BCUT2D eigenvalue weighted by atomic mass is 32.2. The molecule has 1 aromatic carbocycles. The normalized spacial score (nSPS) is 20.7. The molecule has 2 fully saturated rings. The summed E-state index contributed by atoms with van der Waals surface area (Å²) in [6.07, 6.45) is -1.31. The van der Waals surface area contributed by atoms with E-state index in [0.717, 1.165) is 32.5 Å². The number of thiazole rings is 1. The Kier molecular flexibility index (Phi) is 9.19. The largest absolute Gasteiger partial charge is 0.490 e. The number of nitrogens with zero attached hydrogens (tertiary/aromatic N) is 4. The molecular weight excluding hydrogens is 586 g/mol. The van der Waals surface area contributed by atoms with Crippen molar-refractivity contribution >= 4 is 38.8 Å². The number of carbonyl (C=O) groups is 1. The molecule has 222 valence electrons. The maximum absolute atomic E-state index is 15.3. The Morgan fingerprint density at radius 3 is 2.32 bits per heavy atom. The van der Waals surface area contributed by atoms with Gasteiger partial charge in [0, 0.05) is 43.7 Å². The van der Waals surface area contributed by atoms with Crippen LogP contribution in [0.25, 0.3) is 0 Å². The summed E-state index contributed by atoms with van der Waals surface area (Å²) in [6.45, 7) is 4.56. The van der Waals surface area contributed by atoms with Crippen molar-refractivity contribution in [2.75, 3.05) is 29.8 Å². The lowest BCUT2D eigenvalue weighted by Crippen LogP contribution is -2.51. The van der Waals surface area contributed by atoms with Crippen LogP contribution in [-0.2, 0) is 21.4 Å². The van der Waals surface area contributed by atoms with Crippen LogP contribution in [0.4, 0.5) is 29.1 Å². The van der Waals surface area contributed by atoms with Gasteiger partial charge in [-0.3, -0.25) is 9.62 Å². The molecular formula is C26H29F4N5O4S2. The average Bonchev–Trinajstić information content (AvgIpc) is 3.50. The van der Waals surface area contributed by atoms with Crippen LogP contribution in [-0.4, -0.2) is 66.7 Å². The molecule has 3 atom stereocenters. The number of sulfonamides is 1. The van der Waals surface area contributed by atoms with E-state index in [1.807, 2.05) is 13.1 Å². The number of fused-ring (bicyclic) bond motifs is 2. The predicted octanol–water partition coefficient (Wildman–Crippen LogP) is 4.77. The van der Waals surface area contributed by atoms with Crippen molar-refractivity contribution in [1.29, 1.82) is 0 Å². The van der Waals surface area contributed by atoms with E-state index in [0.29, 0.717) is 23.1 Å². The van der Waals surface area contributed by atoms with E-state index in [1.165, 1.54) is 28.6 Å². The number of hydrogen-bond acceptors (Lipinski definition) is 8. The van der Waals surface area contributed by atoms with Crippen LogP contribution in [0.5, 0.6) is 0 Å². The Hall–Kier alpha value is -3.30. The monoisotopic (exact) mass is 615 g/mol. The molecule has 41 heavy (non-hydrogen) atoms. The van der Waals surface area contributed by atoms with Crippen molar-refractivity contribution in [2.24, 2.45) is 11.8 Å². The third-order valence-corrected chi connectivity index (χ3v) is 9.17. The minimum absolute atomic E-state index is 0.156. The molecule has 1 aliphatic heterocycles. The summed E-state index contributed by atoms with van der Waals surface area (Å²) >= 11 is 1.25. The van der Waals surface area contributed by atoms with Gasteiger partial charge in [-0.25, -0.2) is 19.2 Å². The lowest BCUT2D eigenvalue weighted by atomic mass is 9.90. The molecule has 2 bridgehead atoms. The highest BCUT2D eigenvalue weighted by Crippen LogP contribution is 2.42. The Balaban J connectivity index is 0.000000493. The van der Waals surface area contributed by atoms with Gasteiger partial charge in [0.2, 0.25) is 5.03 Å². The van der Waals surface area contributed by atoms with Gasteiger partial charge >= 0.3 is 12.1 Å². The number of halogens is 4. The lowest BCUT2D eigenvalue weighted by Gasteiger charge is -2.43. The molecule has 3 aromatic rings. The second kappa shape index (κ2) is 12.3. The number of aliphatic carboxylic acids is 1. The van der Waals surface area contributed by atoms with Crippen molar-refractivity contribution in [3.8, 4) is 0 Å². The number of rotatable bonds is 7.